The third-order valence-electron chi connectivity index (χ3n) is 3.71. The van der Waals surface area contributed by atoms with Gasteiger partial charge in [-0.15, -0.1) is 11.8 Å². The van der Waals surface area contributed by atoms with Crippen molar-refractivity contribution in [1.82, 2.24) is 5.32 Å². The standard InChI is InChI=1S/C20H25NO2S/c1-3-17-9-11-19(12-10-17)23-14-13-21-20(22)16(2)24-15-18-7-5-4-6-8-18/h4-12,16H,3,13-15H2,1-2H3,(H,21,22). The number of benzene rings is 2. The van der Waals surface area contributed by atoms with Gasteiger partial charge in [0.2, 0.25) is 5.91 Å². The lowest BCUT2D eigenvalue weighted by molar-refractivity contribution is -0.120. The van der Waals surface area contributed by atoms with Crippen LogP contribution in [0.5, 0.6) is 5.75 Å². The Morgan fingerprint density at radius 2 is 1.79 bits per heavy atom. The minimum Gasteiger partial charge on any atom is -0.492 e. The van der Waals surface area contributed by atoms with E-state index >= 15 is 0 Å². The number of carbonyl (C=O) groups excluding carboxylic acids is 1. The molecule has 3 nitrogen and oxygen atoms in total. The second-order valence-corrected chi connectivity index (χ2v) is 6.90. The number of ether oxygens (including phenoxy) is 1. The highest BCUT2D eigenvalue weighted by molar-refractivity contribution is 7.99. The third-order valence-corrected chi connectivity index (χ3v) is 4.93. The predicted molar refractivity (Wildman–Crippen MR) is 102 cm³/mol. The van der Waals surface area contributed by atoms with Gasteiger partial charge in [0.1, 0.15) is 12.4 Å². The Morgan fingerprint density at radius 1 is 1.08 bits per heavy atom. The average molecular weight is 343 g/mol. The van der Waals surface area contributed by atoms with Gasteiger partial charge in [0.05, 0.1) is 11.8 Å². The smallest absolute Gasteiger partial charge is 0.232 e. The van der Waals surface area contributed by atoms with E-state index < -0.39 is 0 Å². The molecule has 24 heavy (non-hydrogen) atoms. The second kappa shape index (κ2) is 10.0. The minimum atomic E-state index is -0.0750. The Bertz CT molecular complexity index is 613. The Kier molecular flexibility index (Phi) is 7.69. The minimum absolute atomic E-state index is 0.0564. The van der Waals surface area contributed by atoms with Gasteiger partial charge in [-0.25, -0.2) is 0 Å². The van der Waals surface area contributed by atoms with E-state index in [1.165, 1.54) is 11.1 Å². The zero-order chi connectivity index (χ0) is 17.2. The maximum Gasteiger partial charge on any atom is 0.232 e. The topological polar surface area (TPSA) is 38.3 Å². The van der Waals surface area contributed by atoms with Crippen molar-refractivity contribution in [2.45, 2.75) is 31.3 Å². The SMILES string of the molecule is CCc1ccc(OCCNC(=O)C(C)SCc2ccccc2)cc1. The van der Waals surface area contributed by atoms with Crippen molar-refractivity contribution in [2.24, 2.45) is 0 Å². The van der Waals surface area contributed by atoms with Gasteiger partial charge in [-0.3, -0.25) is 4.79 Å². The molecule has 0 saturated heterocycles. The van der Waals surface area contributed by atoms with Crippen LogP contribution in [0.1, 0.15) is 25.0 Å². The maximum atomic E-state index is 12.1. The molecule has 1 atom stereocenters. The van der Waals surface area contributed by atoms with Crippen LogP contribution in [0.2, 0.25) is 0 Å². The molecule has 0 spiro atoms. The van der Waals surface area contributed by atoms with Crippen molar-refractivity contribution in [3.05, 3.63) is 65.7 Å². The zero-order valence-electron chi connectivity index (χ0n) is 14.3. The highest BCUT2D eigenvalue weighted by Gasteiger charge is 2.12. The molecule has 0 saturated carbocycles. The average Bonchev–Trinajstić information content (AvgIpc) is 2.64. The lowest BCUT2D eigenvalue weighted by atomic mass is 10.2. The normalized spacial score (nSPS) is 11.8. The molecule has 0 aromatic heterocycles. The molecule has 0 bridgehead atoms. The summed E-state index contributed by atoms with van der Waals surface area (Å²) in [6, 6.07) is 18.3. The van der Waals surface area contributed by atoms with Crippen LogP contribution in [-0.4, -0.2) is 24.3 Å². The molecule has 2 aromatic carbocycles. The van der Waals surface area contributed by atoms with Crippen molar-refractivity contribution in [1.29, 1.82) is 0 Å². The van der Waals surface area contributed by atoms with Crippen LogP contribution >= 0.6 is 11.8 Å². The monoisotopic (exact) mass is 343 g/mol. The molecule has 0 aliphatic carbocycles. The fraction of sp³-hybridized carbons (Fsp3) is 0.350. The fourth-order valence-electron chi connectivity index (χ4n) is 2.18. The Labute approximate surface area is 148 Å². The molecule has 4 heteroatoms. The molecule has 0 aliphatic rings. The quantitative estimate of drug-likeness (QED) is 0.698. The summed E-state index contributed by atoms with van der Waals surface area (Å²) >= 11 is 1.64. The molecule has 1 N–H and O–H groups in total. The summed E-state index contributed by atoms with van der Waals surface area (Å²) in [5, 5.41) is 2.85. The van der Waals surface area contributed by atoms with Gasteiger partial charge in [0.25, 0.3) is 0 Å². The number of rotatable bonds is 9. The van der Waals surface area contributed by atoms with Crippen LogP contribution in [0, 0.1) is 0 Å². The van der Waals surface area contributed by atoms with Crippen LogP contribution in [0.3, 0.4) is 0 Å². The zero-order valence-corrected chi connectivity index (χ0v) is 15.1. The highest BCUT2D eigenvalue weighted by atomic mass is 32.2. The summed E-state index contributed by atoms with van der Waals surface area (Å²) in [5.41, 5.74) is 2.53. The van der Waals surface area contributed by atoms with Gasteiger partial charge in [-0.05, 0) is 36.6 Å². The van der Waals surface area contributed by atoms with Crippen molar-refractivity contribution in [3.8, 4) is 5.75 Å². The highest BCUT2D eigenvalue weighted by Crippen LogP contribution is 2.17. The van der Waals surface area contributed by atoms with E-state index in [1.807, 2.05) is 37.3 Å². The molecule has 0 radical (unpaired) electrons. The molecular weight excluding hydrogens is 318 g/mol. The number of carbonyl (C=O) groups is 1. The van der Waals surface area contributed by atoms with Gasteiger partial charge in [0, 0.05) is 5.75 Å². The third kappa shape index (κ3) is 6.28. The first-order valence-electron chi connectivity index (χ1n) is 8.34. The number of thioether (sulfide) groups is 1. The molecule has 0 aliphatic heterocycles. The lowest BCUT2D eigenvalue weighted by Gasteiger charge is -2.12. The van der Waals surface area contributed by atoms with E-state index in [9.17, 15) is 4.79 Å². The van der Waals surface area contributed by atoms with Crippen LogP contribution in [-0.2, 0) is 17.0 Å². The molecule has 128 valence electrons. The molecule has 1 amide bonds. The first-order chi connectivity index (χ1) is 11.7. The van der Waals surface area contributed by atoms with Crippen molar-refractivity contribution in [2.75, 3.05) is 13.2 Å². The number of nitrogens with one attached hydrogen (secondary N) is 1. The summed E-state index contributed by atoms with van der Waals surface area (Å²) < 4.78 is 5.64. The van der Waals surface area contributed by atoms with E-state index in [-0.39, 0.29) is 11.2 Å². The number of hydrogen-bond donors (Lipinski definition) is 1. The molecule has 0 fully saturated rings. The molecule has 0 heterocycles. The van der Waals surface area contributed by atoms with E-state index in [4.69, 9.17) is 4.74 Å². The van der Waals surface area contributed by atoms with Gasteiger partial charge in [0.15, 0.2) is 0 Å². The van der Waals surface area contributed by atoms with E-state index in [2.05, 4.69) is 36.5 Å². The Balaban J connectivity index is 1.63. The van der Waals surface area contributed by atoms with Crippen LogP contribution in [0.15, 0.2) is 54.6 Å². The molecule has 2 aromatic rings. The predicted octanol–water partition coefficient (Wildman–Crippen LogP) is 4.07. The number of amides is 1. The Hall–Kier alpha value is -1.94. The Morgan fingerprint density at radius 3 is 2.46 bits per heavy atom. The molecular formula is C20H25NO2S. The van der Waals surface area contributed by atoms with Gasteiger partial charge in [-0.2, -0.15) is 0 Å². The second-order valence-electron chi connectivity index (χ2n) is 5.58. The first kappa shape index (κ1) is 18.4. The maximum absolute atomic E-state index is 12.1. The van der Waals surface area contributed by atoms with Crippen LogP contribution in [0.25, 0.3) is 0 Å². The number of aryl methyl sites for hydroxylation is 1. The summed E-state index contributed by atoms with van der Waals surface area (Å²) in [5.74, 6) is 1.74. The van der Waals surface area contributed by atoms with Gasteiger partial charge >= 0.3 is 0 Å². The van der Waals surface area contributed by atoms with Crippen LogP contribution < -0.4 is 10.1 Å². The first-order valence-corrected chi connectivity index (χ1v) is 9.39. The van der Waals surface area contributed by atoms with Gasteiger partial charge in [-0.1, -0.05) is 49.4 Å². The van der Waals surface area contributed by atoms with Gasteiger partial charge < -0.3 is 10.1 Å². The fourth-order valence-corrected chi connectivity index (χ4v) is 3.05. The molecule has 1 unspecified atom stereocenters. The summed E-state index contributed by atoms with van der Waals surface area (Å²) in [6.07, 6.45) is 1.02. The lowest BCUT2D eigenvalue weighted by Crippen LogP contribution is -2.34. The summed E-state index contributed by atoms with van der Waals surface area (Å²) in [4.78, 5) is 12.1. The van der Waals surface area contributed by atoms with Crippen molar-refractivity contribution >= 4 is 17.7 Å². The van der Waals surface area contributed by atoms with Crippen molar-refractivity contribution in [3.63, 3.8) is 0 Å². The van der Waals surface area contributed by atoms with E-state index in [1.54, 1.807) is 11.8 Å². The van der Waals surface area contributed by atoms with E-state index in [0.717, 1.165) is 17.9 Å². The van der Waals surface area contributed by atoms with Crippen LogP contribution in [0.4, 0.5) is 0 Å². The summed E-state index contributed by atoms with van der Waals surface area (Å²) in [6.45, 7) is 5.06. The number of hydrogen-bond acceptors (Lipinski definition) is 3. The largest absolute Gasteiger partial charge is 0.492 e. The summed E-state index contributed by atoms with van der Waals surface area (Å²) in [7, 11) is 0. The molecule has 2 rings (SSSR count). The van der Waals surface area contributed by atoms with Crippen molar-refractivity contribution < 1.29 is 9.53 Å². The van der Waals surface area contributed by atoms with E-state index in [0.29, 0.717) is 13.2 Å².